The molecule has 0 saturated heterocycles. The van der Waals surface area contributed by atoms with Crippen molar-refractivity contribution in [1.82, 2.24) is 5.32 Å². The van der Waals surface area contributed by atoms with Crippen LogP contribution in [0, 0.1) is 5.82 Å². The van der Waals surface area contributed by atoms with Crippen molar-refractivity contribution in [2.45, 2.75) is 42.4 Å². The first kappa shape index (κ1) is 11.9. The Hall–Kier alpha value is -0.540. The van der Waals surface area contributed by atoms with E-state index in [1.165, 1.54) is 19.3 Å². The molecule has 0 aromatic heterocycles. The van der Waals surface area contributed by atoms with E-state index in [0.29, 0.717) is 11.3 Å². The zero-order valence-corrected chi connectivity index (χ0v) is 10.4. The number of halogens is 1. The topological polar surface area (TPSA) is 12.0 Å². The minimum atomic E-state index is -0.0883. The van der Waals surface area contributed by atoms with Gasteiger partial charge in [-0.25, -0.2) is 4.39 Å². The van der Waals surface area contributed by atoms with Crippen molar-refractivity contribution in [3.05, 3.63) is 30.1 Å². The van der Waals surface area contributed by atoms with Gasteiger partial charge in [0, 0.05) is 16.2 Å². The fraction of sp³-hybridized carbons (Fsp3) is 0.538. The highest BCUT2D eigenvalue weighted by molar-refractivity contribution is 8.00. The standard InChI is InChI=1S/C13H18FNS/c1-2-15-11-7-5-9-13(11)16-12-8-4-3-6-10(12)14/h3-4,6,8,11,13,15H,2,5,7,9H2,1H3. The van der Waals surface area contributed by atoms with Crippen LogP contribution in [-0.2, 0) is 0 Å². The van der Waals surface area contributed by atoms with Crippen LogP contribution in [0.15, 0.2) is 29.2 Å². The Kier molecular flexibility index (Phi) is 4.24. The van der Waals surface area contributed by atoms with Crippen LogP contribution in [-0.4, -0.2) is 17.8 Å². The van der Waals surface area contributed by atoms with Gasteiger partial charge in [-0.2, -0.15) is 0 Å². The molecule has 0 spiro atoms. The quantitative estimate of drug-likeness (QED) is 0.863. The van der Waals surface area contributed by atoms with E-state index in [1.807, 2.05) is 12.1 Å². The van der Waals surface area contributed by atoms with Crippen LogP contribution < -0.4 is 5.32 Å². The molecule has 1 fully saturated rings. The first-order chi connectivity index (χ1) is 7.81. The smallest absolute Gasteiger partial charge is 0.136 e. The Balaban J connectivity index is 2.01. The molecule has 2 unspecified atom stereocenters. The van der Waals surface area contributed by atoms with Crippen molar-refractivity contribution in [1.29, 1.82) is 0 Å². The highest BCUT2D eigenvalue weighted by Crippen LogP contribution is 2.35. The molecule has 88 valence electrons. The summed E-state index contributed by atoms with van der Waals surface area (Å²) >= 11 is 1.69. The number of nitrogens with one attached hydrogen (secondary N) is 1. The summed E-state index contributed by atoms with van der Waals surface area (Å²) in [5.74, 6) is -0.0883. The second-order valence-corrected chi connectivity index (χ2v) is 5.46. The lowest BCUT2D eigenvalue weighted by Gasteiger charge is -2.19. The van der Waals surface area contributed by atoms with Gasteiger partial charge in [0.05, 0.1) is 0 Å². The third-order valence-electron chi connectivity index (χ3n) is 3.03. The van der Waals surface area contributed by atoms with E-state index in [4.69, 9.17) is 0 Å². The molecule has 0 radical (unpaired) electrons. The van der Waals surface area contributed by atoms with Crippen molar-refractivity contribution in [3.63, 3.8) is 0 Å². The van der Waals surface area contributed by atoms with Crippen molar-refractivity contribution >= 4 is 11.8 Å². The van der Waals surface area contributed by atoms with E-state index >= 15 is 0 Å². The summed E-state index contributed by atoms with van der Waals surface area (Å²) in [6.07, 6.45) is 3.67. The molecule has 3 heteroatoms. The molecular formula is C13H18FNS. The van der Waals surface area contributed by atoms with Crippen LogP contribution in [0.5, 0.6) is 0 Å². The van der Waals surface area contributed by atoms with Crippen molar-refractivity contribution in [2.75, 3.05) is 6.54 Å². The molecule has 0 amide bonds. The fourth-order valence-electron chi connectivity index (χ4n) is 2.27. The molecule has 2 atom stereocenters. The number of thioether (sulfide) groups is 1. The molecule has 0 heterocycles. The number of benzene rings is 1. The zero-order chi connectivity index (χ0) is 11.4. The van der Waals surface area contributed by atoms with E-state index in [0.717, 1.165) is 11.4 Å². The predicted octanol–water partition coefficient (Wildman–Crippen LogP) is 3.45. The molecule has 0 aliphatic heterocycles. The van der Waals surface area contributed by atoms with Crippen LogP contribution in [0.25, 0.3) is 0 Å². The van der Waals surface area contributed by atoms with Crippen molar-refractivity contribution in [3.8, 4) is 0 Å². The monoisotopic (exact) mass is 239 g/mol. The fourth-order valence-corrected chi connectivity index (χ4v) is 3.61. The normalized spacial score (nSPS) is 24.9. The van der Waals surface area contributed by atoms with Crippen LogP contribution in [0.4, 0.5) is 4.39 Å². The lowest BCUT2D eigenvalue weighted by atomic mass is 10.2. The third-order valence-corrected chi connectivity index (χ3v) is 4.49. The minimum absolute atomic E-state index is 0.0883. The Morgan fingerprint density at radius 3 is 2.94 bits per heavy atom. The molecule has 1 aromatic carbocycles. The average molecular weight is 239 g/mol. The summed E-state index contributed by atoms with van der Waals surface area (Å²) in [6, 6.07) is 7.62. The van der Waals surface area contributed by atoms with Gasteiger partial charge in [-0.05, 0) is 31.5 Å². The summed E-state index contributed by atoms with van der Waals surface area (Å²) in [5.41, 5.74) is 0. The minimum Gasteiger partial charge on any atom is -0.313 e. The Morgan fingerprint density at radius 1 is 1.38 bits per heavy atom. The number of hydrogen-bond acceptors (Lipinski definition) is 2. The van der Waals surface area contributed by atoms with Gasteiger partial charge >= 0.3 is 0 Å². The summed E-state index contributed by atoms with van der Waals surface area (Å²) in [4.78, 5) is 0.789. The molecule has 2 rings (SSSR count). The van der Waals surface area contributed by atoms with Crippen LogP contribution in [0.2, 0.25) is 0 Å². The maximum atomic E-state index is 13.5. The van der Waals surface area contributed by atoms with Gasteiger partial charge in [-0.15, -0.1) is 11.8 Å². The molecule has 1 nitrogen and oxygen atoms in total. The Morgan fingerprint density at radius 2 is 2.19 bits per heavy atom. The summed E-state index contributed by atoms with van der Waals surface area (Å²) in [6.45, 7) is 3.13. The van der Waals surface area contributed by atoms with E-state index < -0.39 is 0 Å². The number of hydrogen-bond donors (Lipinski definition) is 1. The Labute approximate surface area is 101 Å². The molecule has 1 aliphatic carbocycles. The van der Waals surface area contributed by atoms with Gasteiger partial charge in [0.2, 0.25) is 0 Å². The van der Waals surface area contributed by atoms with Crippen LogP contribution in [0.1, 0.15) is 26.2 Å². The summed E-state index contributed by atoms with van der Waals surface area (Å²) in [5, 5.41) is 4.02. The highest BCUT2D eigenvalue weighted by atomic mass is 32.2. The van der Waals surface area contributed by atoms with Gasteiger partial charge in [0.1, 0.15) is 5.82 Å². The molecule has 1 N–H and O–H groups in total. The Bertz CT molecular complexity index is 342. The maximum Gasteiger partial charge on any atom is 0.136 e. The first-order valence-corrected chi connectivity index (χ1v) is 6.83. The van der Waals surface area contributed by atoms with E-state index in [9.17, 15) is 4.39 Å². The van der Waals surface area contributed by atoms with Crippen molar-refractivity contribution < 1.29 is 4.39 Å². The second kappa shape index (κ2) is 5.69. The van der Waals surface area contributed by atoms with E-state index in [1.54, 1.807) is 23.9 Å². The maximum absolute atomic E-state index is 13.5. The summed E-state index contributed by atoms with van der Waals surface area (Å²) < 4.78 is 13.5. The van der Waals surface area contributed by atoms with Gasteiger partial charge in [-0.1, -0.05) is 25.5 Å². The van der Waals surface area contributed by atoms with E-state index in [2.05, 4.69) is 12.2 Å². The van der Waals surface area contributed by atoms with Gasteiger partial charge < -0.3 is 5.32 Å². The lowest BCUT2D eigenvalue weighted by molar-refractivity contribution is 0.549. The largest absolute Gasteiger partial charge is 0.313 e. The molecule has 0 bridgehead atoms. The first-order valence-electron chi connectivity index (χ1n) is 5.96. The summed E-state index contributed by atoms with van der Waals surface area (Å²) in [7, 11) is 0. The second-order valence-electron chi connectivity index (χ2n) is 4.18. The van der Waals surface area contributed by atoms with Crippen molar-refractivity contribution in [2.24, 2.45) is 0 Å². The van der Waals surface area contributed by atoms with Gasteiger partial charge in [-0.3, -0.25) is 0 Å². The van der Waals surface area contributed by atoms with Crippen LogP contribution in [0.3, 0.4) is 0 Å². The molecule has 16 heavy (non-hydrogen) atoms. The number of rotatable bonds is 4. The van der Waals surface area contributed by atoms with Gasteiger partial charge in [0.25, 0.3) is 0 Å². The molecule has 1 aliphatic rings. The lowest BCUT2D eigenvalue weighted by Crippen LogP contribution is -2.33. The SMILES string of the molecule is CCNC1CCCC1Sc1ccccc1F. The predicted molar refractivity (Wildman–Crippen MR) is 67.4 cm³/mol. The van der Waals surface area contributed by atoms with Gasteiger partial charge in [0.15, 0.2) is 0 Å². The molecular weight excluding hydrogens is 221 g/mol. The third kappa shape index (κ3) is 2.77. The average Bonchev–Trinajstić information content (AvgIpc) is 2.70. The highest BCUT2D eigenvalue weighted by Gasteiger charge is 2.27. The van der Waals surface area contributed by atoms with E-state index in [-0.39, 0.29) is 5.82 Å². The van der Waals surface area contributed by atoms with Crippen LogP contribution >= 0.6 is 11.8 Å². The molecule has 1 aromatic rings. The molecule has 1 saturated carbocycles. The zero-order valence-electron chi connectivity index (χ0n) is 9.58.